The van der Waals surface area contributed by atoms with Crippen molar-refractivity contribution in [2.75, 3.05) is 13.2 Å². The van der Waals surface area contributed by atoms with Crippen LogP contribution in [-0.4, -0.2) is 47.6 Å². The van der Waals surface area contributed by atoms with Crippen LogP contribution in [0.1, 0.15) is 19.3 Å². The first-order valence-electron chi connectivity index (χ1n) is 5.00. The average molecular weight is 215 g/mol. The lowest BCUT2D eigenvalue weighted by atomic mass is 10.1. The van der Waals surface area contributed by atoms with E-state index in [1.54, 1.807) is 0 Å². The number of ether oxygens (including phenoxy) is 2. The second kappa shape index (κ2) is 4.06. The van der Waals surface area contributed by atoms with Crippen molar-refractivity contribution in [1.29, 1.82) is 0 Å². The number of aliphatic carboxylic acids is 1. The van der Waals surface area contributed by atoms with Crippen molar-refractivity contribution in [2.24, 2.45) is 0 Å². The highest BCUT2D eigenvalue weighted by molar-refractivity contribution is 5.81. The van der Waals surface area contributed by atoms with Gasteiger partial charge in [-0.3, -0.25) is 4.90 Å². The average Bonchev–Trinajstić information content (AvgIpc) is 2.62. The zero-order valence-corrected chi connectivity index (χ0v) is 8.22. The molecule has 0 spiro atoms. The lowest BCUT2D eigenvalue weighted by Crippen LogP contribution is -2.40. The fraction of sp³-hybridized carbons (Fsp3) is 0.778. The summed E-state index contributed by atoms with van der Waals surface area (Å²) in [6.07, 6.45) is 0.781. The predicted octanol–water partition coefficient (Wildman–Crippen LogP) is 0.418. The highest BCUT2D eigenvalue weighted by Gasteiger charge is 2.40. The zero-order valence-electron chi connectivity index (χ0n) is 8.22. The molecule has 0 aromatic heterocycles. The van der Waals surface area contributed by atoms with E-state index in [2.05, 4.69) is 0 Å². The summed E-state index contributed by atoms with van der Waals surface area (Å²) >= 11 is 0. The molecular formula is C9H13NO5. The number of amides is 1. The number of rotatable bonds is 2. The quantitative estimate of drug-likeness (QED) is 0.722. The van der Waals surface area contributed by atoms with E-state index in [9.17, 15) is 9.59 Å². The first-order valence-corrected chi connectivity index (χ1v) is 5.00. The normalized spacial score (nSPS) is 31.5. The van der Waals surface area contributed by atoms with Crippen LogP contribution in [0.4, 0.5) is 4.79 Å². The number of hydrogen-bond donors (Lipinski definition) is 1. The molecule has 0 aromatic carbocycles. The summed E-state index contributed by atoms with van der Waals surface area (Å²) in [4.78, 5) is 23.3. The van der Waals surface area contributed by atoms with E-state index < -0.39 is 18.2 Å². The van der Waals surface area contributed by atoms with Crippen LogP contribution < -0.4 is 0 Å². The van der Waals surface area contributed by atoms with Crippen LogP contribution in [0.3, 0.4) is 0 Å². The van der Waals surface area contributed by atoms with Crippen LogP contribution in [0.15, 0.2) is 0 Å². The number of nitrogens with zero attached hydrogens (tertiary/aromatic N) is 1. The van der Waals surface area contributed by atoms with Crippen LogP contribution in [-0.2, 0) is 14.3 Å². The summed E-state index contributed by atoms with van der Waals surface area (Å²) in [5.74, 6) is -1.11. The molecule has 2 heterocycles. The van der Waals surface area contributed by atoms with E-state index in [1.165, 1.54) is 4.90 Å². The van der Waals surface area contributed by atoms with E-state index in [-0.39, 0.29) is 12.8 Å². The third kappa shape index (κ3) is 2.04. The molecule has 2 atom stereocenters. The van der Waals surface area contributed by atoms with Crippen LogP contribution in [0, 0.1) is 0 Å². The Bertz CT molecular complexity index is 274. The van der Waals surface area contributed by atoms with Crippen LogP contribution >= 0.6 is 0 Å². The maximum absolute atomic E-state index is 11.3. The van der Waals surface area contributed by atoms with E-state index >= 15 is 0 Å². The minimum Gasteiger partial charge on any atom is -0.478 e. The molecule has 1 unspecified atom stereocenters. The van der Waals surface area contributed by atoms with Crippen molar-refractivity contribution < 1.29 is 24.2 Å². The molecule has 0 saturated carbocycles. The monoisotopic (exact) mass is 215 g/mol. The van der Waals surface area contributed by atoms with Gasteiger partial charge >= 0.3 is 12.1 Å². The fourth-order valence-electron chi connectivity index (χ4n) is 1.81. The summed E-state index contributed by atoms with van der Waals surface area (Å²) in [5, 5.41) is 8.70. The van der Waals surface area contributed by atoms with Gasteiger partial charge in [-0.2, -0.15) is 0 Å². The van der Waals surface area contributed by atoms with Crippen molar-refractivity contribution in [2.45, 2.75) is 31.6 Å². The summed E-state index contributed by atoms with van der Waals surface area (Å²) < 4.78 is 10.1. The van der Waals surface area contributed by atoms with Gasteiger partial charge in [-0.15, -0.1) is 0 Å². The van der Waals surface area contributed by atoms with Crippen molar-refractivity contribution in [3.8, 4) is 0 Å². The molecule has 84 valence electrons. The Labute approximate surface area is 86.8 Å². The Morgan fingerprint density at radius 2 is 2.27 bits per heavy atom. The van der Waals surface area contributed by atoms with E-state index in [0.717, 1.165) is 19.3 Å². The zero-order chi connectivity index (χ0) is 10.8. The Morgan fingerprint density at radius 1 is 1.47 bits per heavy atom. The highest BCUT2D eigenvalue weighted by Crippen LogP contribution is 2.22. The Kier molecular flexibility index (Phi) is 2.77. The molecule has 2 fully saturated rings. The summed E-state index contributed by atoms with van der Waals surface area (Å²) in [6, 6.07) is 0. The van der Waals surface area contributed by atoms with Gasteiger partial charge in [-0.05, 0) is 19.3 Å². The Balaban J connectivity index is 1.97. The minimum atomic E-state index is -1.11. The van der Waals surface area contributed by atoms with Gasteiger partial charge in [0.2, 0.25) is 6.10 Å². The fourth-order valence-corrected chi connectivity index (χ4v) is 1.81. The molecule has 6 nitrogen and oxygen atoms in total. The van der Waals surface area contributed by atoms with Crippen molar-refractivity contribution >= 4 is 12.1 Å². The van der Waals surface area contributed by atoms with Gasteiger partial charge in [0.15, 0.2) is 0 Å². The van der Waals surface area contributed by atoms with E-state index in [1.807, 2.05) is 0 Å². The first kappa shape index (κ1) is 10.2. The van der Waals surface area contributed by atoms with Crippen molar-refractivity contribution in [3.05, 3.63) is 0 Å². The van der Waals surface area contributed by atoms with Crippen molar-refractivity contribution in [3.63, 3.8) is 0 Å². The number of hydrogen-bond acceptors (Lipinski definition) is 4. The largest absolute Gasteiger partial charge is 0.478 e. The smallest absolute Gasteiger partial charge is 0.412 e. The summed E-state index contributed by atoms with van der Waals surface area (Å²) in [6.45, 7) is 0.699. The SMILES string of the molecule is O=C(O)[C@H]1CN(C2CCCCO2)C(=O)O1. The standard InChI is InChI=1S/C9H13NO5/c11-8(12)6-5-10(9(13)15-6)7-3-1-2-4-14-7/h6-7H,1-5H2,(H,11,12)/t6-,7?/m1/s1. The van der Waals surface area contributed by atoms with Crippen LogP contribution in [0.2, 0.25) is 0 Å². The number of cyclic esters (lactones) is 1. The van der Waals surface area contributed by atoms with Gasteiger partial charge in [0.05, 0.1) is 6.54 Å². The number of carbonyl (C=O) groups excluding carboxylic acids is 1. The molecule has 2 aliphatic heterocycles. The predicted molar refractivity (Wildman–Crippen MR) is 48.2 cm³/mol. The molecule has 0 aromatic rings. The molecule has 6 heteroatoms. The molecule has 1 N–H and O–H groups in total. The number of carboxylic acids is 1. The lowest BCUT2D eigenvalue weighted by molar-refractivity contribution is -0.144. The topological polar surface area (TPSA) is 76.1 Å². The Hall–Kier alpha value is -1.30. The third-order valence-electron chi connectivity index (χ3n) is 2.62. The Morgan fingerprint density at radius 3 is 2.80 bits per heavy atom. The van der Waals surface area contributed by atoms with E-state index in [4.69, 9.17) is 14.6 Å². The first-order chi connectivity index (χ1) is 7.18. The molecule has 2 aliphatic rings. The maximum Gasteiger partial charge on any atom is 0.412 e. The summed E-state index contributed by atoms with van der Waals surface area (Å²) in [7, 11) is 0. The molecule has 0 bridgehead atoms. The van der Waals surface area contributed by atoms with Gasteiger partial charge < -0.3 is 14.6 Å². The van der Waals surface area contributed by atoms with Crippen LogP contribution in [0.5, 0.6) is 0 Å². The van der Waals surface area contributed by atoms with Gasteiger partial charge in [0.25, 0.3) is 0 Å². The van der Waals surface area contributed by atoms with Gasteiger partial charge in [-0.1, -0.05) is 0 Å². The van der Waals surface area contributed by atoms with Gasteiger partial charge in [-0.25, -0.2) is 9.59 Å². The molecule has 15 heavy (non-hydrogen) atoms. The van der Waals surface area contributed by atoms with Gasteiger partial charge in [0.1, 0.15) is 6.23 Å². The second-order valence-electron chi connectivity index (χ2n) is 3.68. The molecule has 0 aliphatic carbocycles. The molecular weight excluding hydrogens is 202 g/mol. The van der Waals surface area contributed by atoms with E-state index in [0.29, 0.717) is 6.61 Å². The lowest BCUT2D eigenvalue weighted by Gasteiger charge is -2.28. The maximum atomic E-state index is 11.3. The van der Waals surface area contributed by atoms with Gasteiger partial charge in [0, 0.05) is 6.61 Å². The number of carboxylic acid groups (broad SMARTS) is 1. The molecule has 2 rings (SSSR count). The number of carbonyl (C=O) groups is 2. The molecule has 2 saturated heterocycles. The third-order valence-corrected chi connectivity index (χ3v) is 2.62. The minimum absolute atomic E-state index is 0.0822. The molecule has 0 radical (unpaired) electrons. The highest BCUT2D eigenvalue weighted by atomic mass is 16.6. The van der Waals surface area contributed by atoms with Crippen LogP contribution in [0.25, 0.3) is 0 Å². The van der Waals surface area contributed by atoms with Crippen molar-refractivity contribution in [1.82, 2.24) is 4.90 Å². The second-order valence-corrected chi connectivity index (χ2v) is 3.68. The summed E-state index contributed by atoms with van der Waals surface area (Å²) in [5.41, 5.74) is 0. The molecule has 1 amide bonds.